The molecule has 0 saturated heterocycles. The van der Waals surface area contributed by atoms with E-state index in [2.05, 4.69) is 15.6 Å². The van der Waals surface area contributed by atoms with E-state index < -0.39 is 0 Å². The van der Waals surface area contributed by atoms with E-state index in [4.69, 9.17) is 0 Å². The normalized spacial score (nSPS) is 14.4. The van der Waals surface area contributed by atoms with Crippen molar-refractivity contribution in [1.82, 2.24) is 10.3 Å². The SMILES string of the molecule is O=C(CCCNc1ncccc1F)NC1CC1. The van der Waals surface area contributed by atoms with Crippen molar-refractivity contribution in [3.8, 4) is 0 Å². The smallest absolute Gasteiger partial charge is 0.220 e. The summed E-state index contributed by atoms with van der Waals surface area (Å²) < 4.78 is 13.2. The Morgan fingerprint density at radius 1 is 1.53 bits per heavy atom. The fourth-order valence-corrected chi connectivity index (χ4v) is 1.50. The highest BCUT2D eigenvalue weighted by atomic mass is 19.1. The number of nitrogens with one attached hydrogen (secondary N) is 2. The second-order valence-electron chi connectivity index (χ2n) is 4.21. The van der Waals surface area contributed by atoms with Crippen LogP contribution in [0.15, 0.2) is 18.3 Å². The van der Waals surface area contributed by atoms with Gasteiger partial charge in [0, 0.05) is 25.2 Å². The van der Waals surface area contributed by atoms with Crippen LogP contribution in [0.3, 0.4) is 0 Å². The van der Waals surface area contributed by atoms with Crippen molar-refractivity contribution in [2.45, 2.75) is 31.7 Å². The summed E-state index contributed by atoms with van der Waals surface area (Å²) in [6, 6.07) is 3.31. The van der Waals surface area contributed by atoms with E-state index in [1.54, 1.807) is 6.07 Å². The highest BCUT2D eigenvalue weighted by Gasteiger charge is 2.22. The fraction of sp³-hybridized carbons (Fsp3) is 0.500. The molecule has 0 bridgehead atoms. The van der Waals surface area contributed by atoms with Crippen molar-refractivity contribution < 1.29 is 9.18 Å². The maximum Gasteiger partial charge on any atom is 0.220 e. The number of pyridine rings is 1. The van der Waals surface area contributed by atoms with Gasteiger partial charge in [-0.15, -0.1) is 0 Å². The van der Waals surface area contributed by atoms with Crippen molar-refractivity contribution in [3.05, 3.63) is 24.1 Å². The van der Waals surface area contributed by atoms with Gasteiger partial charge in [0.05, 0.1) is 0 Å². The summed E-state index contributed by atoms with van der Waals surface area (Å²) in [7, 11) is 0. The first-order valence-corrected chi connectivity index (χ1v) is 5.89. The molecule has 1 amide bonds. The van der Waals surface area contributed by atoms with Crippen LogP contribution in [0.1, 0.15) is 25.7 Å². The number of hydrogen-bond acceptors (Lipinski definition) is 3. The van der Waals surface area contributed by atoms with Crippen molar-refractivity contribution >= 4 is 11.7 Å². The standard InChI is InChI=1S/C12H16FN3O/c13-10-3-1-7-14-12(10)15-8-2-4-11(17)16-9-5-6-9/h1,3,7,9H,2,4-6,8H2,(H,14,15)(H,16,17). The third-order valence-corrected chi connectivity index (χ3v) is 2.57. The Bertz CT molecular complexity index is 393. The maximum atomic E-state index is 13.2. The van der Waals surface area contributed by atoms with Gasteiger partial charge in [0.1, 0.15) is 0 Å². The first-order chi connectivity index (χ1) is 8.25. The number of hydrogen-bond donors (Lipinski definition) is 2. The van der Waals surface area contributed by atoms with Gasteiger partial charge < -0.3 is 10.6 Å². The van der Waals surface area contributed by atoms with Crippen LogP contribution in [-0.4, -0.2) is 23.5 Å². The molecular weight excluding hydrogens is 221 g/mol. The maximum absolute atomic E-state index is 13.2. The van der Waals surface area contributed by atoms with E-state index in [0.717, 1.165) is 12.8 Å². The molecule has 0 spiro atoms. The van der Waals surface area contributed by atoms with Gasteiger partial charge in [0.15, 0.2) is 11.6 Å². The Kier molecular flexibility index (Phi) is 3.90. The van der Waals surface area contributed by atoms with E-state index in [9.17, 15) is 9.18 Å². The molecule has 0 radical (unpaired) electrons. The van der Waals surface area contributed by atoms with Crippen LogP contribution in [0.4, 0.5) is 10.2 Å². The van der Waals surface area contributed by atoms with Crippen molar-refractivity contribution in [3.63, 3.8) is 0 Å². The van der Waals surface area contributed by atoms with Crippen LogP contribution in [0, 0.1) is 5.82 Å². The largest absolute Gasteiger partial charge is 0.368 e. The summed E-state index contributed by atoms with van der Waals surface area (Å²) in [6.07, 6.45) is 4.88. The lowest BCUT2D eigenvalue weighted by Crippen LogP contribution is -2.25. The van der Waals surface area contributed by atoms with Gasteiger partial charge in [0.2, 0.25) is 5.91 Å². The number of amides is 1. The number of nitrogens with zero attached hydrogens (tertiary/aromatic N) is 1. The zero-order valence-corrected chi connectivity index (χ0v) is 9.58. The highest BCUT2D eigenvalue weighted by Crippen LogP contribution is 2.18. The van der Waals surface area contributed by atoms with Crippen LogP contribution in [0.5, 0.6) is 0 Å². The number of rotatable bonds is 6. The molecule has 1 fully saturated rings. The number of carbonyl (C=O) groups is 1. The summed E-state index contributed by atoms with van der Waals surface area (Å²) in [4.78, 5) is 15.2. The van der Waals surface area contributed by atoms with Crippen LogP contribution in [-0.2, 0) is 4.79 Å². The second-order valence-corrected chi connectivity index (χ2v) is 4.21. The molecule has 1 saturated carbocycles. The van der Waals surface area contributed by atoms with Crippen LogP contribution >= 0.6 is 0 Å². The molecule has 92 valence electrons. The number of halogens is 1. The van der Waals surface area contributed by atoms with Gasteiger partial charge in [-0.1, -0.05) is 0 Å². The van der Waals surface area contributed by atoms with E-state index >= 15 is 0 Å². The number of anilines is 1. The quantitative estimate of drug-likeness (QED) is 0.740. The molecule has 17 heavy (non-hydrogen) atoms. The molecule has 1 aliphatic carbocycles. The van der Waals surface area contributed by atoms with Gasteiger partial charge >= 0.3 is 0 Å². The molecule has 0 aliphatic heterocycles. The second kappa shape index (κ2) is 5.61. The Balaban J connectivity index is 1.62. The molecule has 0 unspecified atom stereocenters. The predicted octanol–water partition coefficient (Wildman–Crippen LogP) is 1.69. The predicted molar refractivity (Wildman–Crippen MR) is 63.1 cm³/mol. The summed E-state index contributed by atoms with van der Waals surface area (Å²) in [5.41, 5.74) is 0. The Labute approximate surface area is 99.6 Å². The summed E-state index contributed by atoms with van der Waals surface area (Å²) in [5.74, 6) is -0.0409. The highest BCUT2D eigenvalue weighted by molar-refractivity contribution is 5.76. The lowest BCUT2D eigenvalue weighted by atomic mass is 10.3. The molecule has 0 atom stereocenters. The fourth-order valence-electron chi connectivity index (χ4n) is 1.50. The molecule has 2 N–H and O–H groups in total. The van der Waals surface area contributed by atoms with E-state index in [1.807, 2.05) is 0 Å². The summed E-state index contributed by atoms with van der Waals surface area (Å²) in [6.45, 7) is 0.548. The van der Waals surface area contributed by atoms with Gasteiger partial charge in [-0.05, 0) is 31.4 Å². The number of aromatic nitrogens is 1. The Morgan fingerprint density at radius 3 is 3.06 bits per heavy atom. The van der Waals surface area contributed by atoms with Gasteiger partial charge in [-0.2, -0.15) is 0 Å². The van der Waals surface area contributed by atoms with Gasteiger partial charge in [0.25, 0.3) is 0 Å². The molecule has 1 aromatic rings. The summed E-state index contributed by atoms with van der Waals surface area (Å²) >= 11 is 0. The molecule has 4 nitrogen and oxygen atoms in total. The molecular formula is C12H16FN3O. The van der Waals surface area contributed by atoms with Crippen molar-refractivity contribution in [1.29, 1.82) is 0 Å². The third kappa shape index (κ3) is 4.01. The zero-order chi connectivity index (χ0) is 12.1. The van der Waals surface area contributed by atoms with Crippen LogP contribution in [0.25, 0.3) is 0 Å². The molecule has 1 aliphatic rings. The van der Waals surface area contributed by atoms with Crippen LogP contribution < -0.4 is 10.6 Å². The van der Waals surface area contributed by atoms with E-state index in [0.29, 0.717) is 25.4 Å². The van der Waals surface area contributed by atoms with Gasteiger partial charge in [-0.3, -0.25) is 4.79 Å². The molecule has 1 heterocycles. The monoisotopic (exact) mass is 237 g/mol. The molecule has 1 aromatic heterocycles. The van der Waals surface area contributed by atoms with Crippen molar-refractivity contribution in [2.75, 3.05) is 11.9 Å². The van der Waals surface area contributed by atoms with Gasteiger partial charge in [-0.25, -0.2) is 9.37 Å². The van der Waals surface area contributed by atoms with Crippen LogP contribution in [0.2, 0.25) is 0 Å². The first kappa shape index (κ1) is 11.8. The lowest BCUT2D eigenvalue weighted by Gasteiger charge is -2.06. The molecule has 0 aromatic carbocycles. The summed E-state index contributed by atoms with van der Waals surface area (Å²) in [5, 5.41) is 5.78. The average Bonchev–Trinajstić information content (AvgIpc) is 3.10. The molecule has 5 heteroatoms. The minimum atomic E-state index is -0.366. The lowest BCUT2D eigenvalue weighted by molar-refractivity contribution is -0.121. The Hall–Kier alpha value is -1.65. The Morgan fingerprint density at radius 2 is 2.35 bits per heavy atom. The van der Waals surface area contributed by atoms with E-state index in [1.165, 1.54) is 12.3 Å². The minimum Gasteiger partial charge on any atom is -0.368 e. The third-order valence-electron chi connectivity index (χ3n) is 2.57. The topological polar surface area (TPSA) is 54.0 Å². The minimum absolute atomic E-state index is 0.0794. The van der Waals surface area contributed by atoms with Crippen molar-refractivity contribution in [2.24, 2.45) is 0 Å². The average molecular weight is 237 g/mol. The van der Waals surface area contributed by atoms with E-state index in [-0.39, 0.29) is 17.5 Å². The zero-order valence-electron chi connectivity index (χ0n) is 9.58. The number of carbonyl (C=O) groups excluding carboxylic acids is 1. The molecule has 2 rings (SSSR count). The first-order valence-electron chi connectivity index (χ1n) is 5.89.